The van der Waals surface area contributed by atoms with Gasteiger partial charge in [-0.3, -0.25) is 10.1 Å². The topological polar surface area (TPSA) is 100 Å². The minimum absolute atomic E-state index is 0.0638. The van der Waals surface area contributed by atoms with Crippen LogP contribution in [0.4, 0.5) is 5.69 Å². The maximum atomic E-state index is 12.3. The lowest BCUT2D eigenvalue weighted by Crippen LogP contribution is -2.05. The van der Waals surface area contributed by atoms with Crippen LogP contribution in [0.5, 0.6) is 11.5 Å². The molecule has 0 saturated heterocycles. The van der Waals surface area contributed by atoms with Gasteiger partial charge in [-0.2, -0.15) is 0 Å². The van der Waals surface area contributed by atoms with E-state index in [1.807, 2.05) is 31.2 Å². The molecule has 3 aromatic carbocycles. The summed E-state index contributed by atoms with van der Waals surface area (Å²) in [6, 6.07) is 17.1. The summed E-state index contributed by atoms with van der Waals surface area (Å²) in [5.41, 5.74) is 3.31. The first kappa shape index (κ1) is 23.2. The number of nitro groups is 1. The Morgan fingerprint density at radius 1 is 1.15 bits per heavy atom. The highest BCUT2D eigenvalue weighted by Gasteiger charge is 2.25. The molecule has 0 N–H and O–H groups in total. The van der Waals surface area contributed by atoms with E-state index in [1.54, 1.807) is 18.2 Å². The Kier molecular flexibility index (Phi) is 6.74. The molecule has 0 saturated carbocycles. The van der Waals surface area contributed by atoms with Gasteiger partial charge in [0.25, 0.3) is 5.69 Å². The van der Waals surface area contributed by atoms with E-state index in [-0.39, 0.29) is 17.3 Å². The van der Waals surface area contributed by atoms with Crippen LogP contribution in [0.3, 0.4) is 0 Å². The number of esters is 1. The molecular formula is C25H19BrN2O6. The third-order valence-electron chi connectivity index (χ3n) is 4.97. The van der Waals surface area contributed by atoms with Gasteiger partial charge >= 0.3 is 5.97 Å². The van der Waals surface area contributed by atoms with E-state index in [4.69, 9.17) is 14.2 Å². The van der Waals surface area contributed by atoms with Crippen LogP contribution >= 0.6 is 15.9 Å². The fourth-order valence-electron chi connectivity index (χ4n) is 3.34. The van der Waals surface area contributed by atoms with Gasteiger partial charge in [-0.1, -0.05) is 29.8 Å². The average Bonchev–Trinajstić information content (AvgIpc) is 3.18. The molecule has 0 atom stereocenters. The van der Waals surface area contributed by atoms with Gasteiger partial charge in [0.15, 0.2) is 17.2 Å². The summed E-state index contributed by atoms with van der Waals surface area (Å²) >= 11 is 3.52. The fraction of sp³-hybridized carbons (Fsp3) is 0.120. The standard InChI is InChI=1S/C25H19BrN2O6/c1-15-4-3-5-16(10-15)14-33-23-20(26)11-17(13-22(23)32-2)12-21-25(29)34-24(27-21)18-6-8-19(9-7-18)28(30)31/h3-13H,14H2,1-2H3/b21-12-. The highest BCUT2D eigenvalue weighted by Crippen LogP contribution is 2.38. The number of cyclic esters (lactones) is 1. The van der Waals surface area contributed by atoms with E-state index < -0.39 is 10.9 Å². The highest BCUT2D eigenvalue weighted by atomic mass is 79.9. The number of methoxy groups -OCH3 is 1. The van der Waals surface area contributed by atoms with Crippen molar-refractivity contribution in [2.24, 2.45) is 4.99 Å². The minimum Gasteiger partial charge on any atom is -0.493 e. The Bertz CT molecular complexity index is 1330. The summed E-state index contributed by atoms with van der Waals surface area (Å²) in [5.74, 6) is 0.480. The number of aryl methyl sites for hydroxylation is 1. The summed E-state index contributed by atoms with van der Waals surface area (Å²) in [4.78, 5) is 26.9. The smallest absolute Gasteiger partial charge is 0.363 e. The molecule has 0 bridgehead atoms. The van der Waals surface area contributed by atoms with Gasteiger partial charge in [0.1, 0.15) is 6.61 Å². The third-order valence-corrected chi connectivity index (χ3v) is 5.56. The van der Waals surface area contributed by atoms with Gasteiger partial charge in [0.05, 0.1) is 16.5 Å². The van der Waals surface area contributed by atoms with Crippen LogP contribution in [0.25, 0.3) is 6.08 Å². The predicted molar refractivity (Wildman–Crippen MR) is 130 cm³/mol. The first-order valence-electron chi connectivity index (χ1n) is 10.2. The molecule has 1 aliphatic heterocycles. The molecule has 8 nitrogen and oxygen atoms in total. The lowest BCUT2D eigenvalue weighted by atomic mass is 10.1. The molecule has 3 aromatic rings. The fourth-order valence-corrected chi connectivity index (χ4v) is 3.91. The van der Waals surface area contributed by atoms with Gasteiger partial charge in [-0.25, -0.2) is 9.79 Å². The molecule has 1 heterocycles. The predicted octanol–water partition coefficient (Wildman–Crippen LogP) is 5.60. The number of carbonyl (C=O) groups excluding carboxylic acids is 1. The summed E-state index contributed by atoms with van der Waals surface area (Å²) in [7, 11) is 1.53. The Balaban J connectivity index is 1.57. The van der Waals surface area contributed by atoms with Gasteiger partial charge in [0, 0.05) is 17.7 Å². The van der Waals surface area contributed by atoms with Crippen molar-refractivity contribution in [1.29, 1.82) is 0 Å². The summed E-state index contributed by atoms with van der Waals surface area (Å²) in [6.07, 6.45) is 1.57. The molecular weight excluding hydrogens is 504 g/mol. The molecule has 0 unspecified atom stereocenters. The summed E-state index contributed by atoms with van der Waals surface area (Å²) in [5, 5.41) is 10.8. The van der Waals surface area contributed by atoms with Crippen LogP contribution in [0, 0.1) is 17.0 Å². The molecule has 1 aliphatic rings. The van der Waals surface area contributed by atoms with Crippen molar-refractivity contribution >= 4 is 39.6 Å². The van der Waals surface area contributed by atoms with Crippen molar-refractivity contribution < 1.29 is 23.9 Å². The van der Waals surface area contributed by atoms with Crippen molar-refractivity contribution in [2.75, 3.05) is 7.11 Å². The lowest BCUT2D eigenvalue weighted by Gasteiger charge is -2.14. The Morgan fingerprint density at radius 3 is 2.59 bits per heavy atom. The number of hydrogen-bond acceptors (Lipinski definition) is 7. The number of nitrogens with zero attached hydrogens (tertiary/aromatic N) is 2. The second kappa shape index (κ2) is 9.88. The number of carbonyl (C=O) groups is 1. The number of halogens is 1. The van der Waals surface area contributed by atoms with E-state index in [0.29, 0.717) is 33.7 Å². The SMILES string of the molecule is COc1cc(/C=C2\N=C(c3ccc([N+](=O)[O-])cc3)OC2=O)cc(Br)c1OCc1cccc(C)c1. The van der Waals surface area contributed by atoms with Gasteiger partial charge in [-0.15, -0.1) is 0 Å². The number of rotatable bonds is 7. The number of aliphatic imine (C=N–C) groups is 1. The summed E-state index contributed by atoms with van der Waals surface area (Å²) in [6.45, 7) is 2.39. The highest BCUT2D eigenvalue weighted by molar-refractivity contribution is 9.10. The molecule has 172 valence electrons. The minimum atomic E-state index is -0.622. The average molecular weight is 523 g/mol. The molecule has 0 aromatic heterocycles. The number of benzene rings is 3. The molecule has 0 fully saturated rings. The van der Waals surface area contributed by atoms with Gasteiger partial charge in [0.2, 0.25) is 5.90 Å². The zero-order valence-electron chi connectivity index (χ0n) is 18.3. The number of non-ortho nitro benzene ring substituents is 1. The normalized spacial score (nSPS) is 14.0. The zero-order chi connectivity index (χ0) is 24.2. The van der Waals surface area contributed by atoms with Crippen molar-refractivity contribution in [3.63, 3.8) is 0 Å². The number of nitro benzene ring substituents is 1. The maximum Gasteiger partial charge on any atom is 0.363 e. The van der Waals surface area contributed by atoms with Crippen molar-refractivity contribution in [3.05, 3.63) is 103 Å². The number of ether oxygens (including phenoxy) is 3. The molecule has 34 heavy (non-hydrogen) atoms. The monoisotopic (exact) mass is 522 g/mol. The van der Waals surface area contributed by atoms with E-state index in [2.05, 4.69) is 20.9 Å². The van der Waals surface area contributed by atoms with Crippen LogP contribution in [0.1, 0.15) is 22.3 Å². The van der Waals surface area contributed by atoms with E-state index in [9.17, 15) is 14.9 Å². The van der Waals surface area contributed by atoms with E-state index >= 15 is 0 Å². The first-order valence-corrected chi connectivity index (χ1v) is 11.0. The molecule has 0 spiro atoms. The van der Waals surface area contributed by atoms with Crippen LogP contribution in [0.2, 0.25) is 0 Å². The van der Waals surface area contributed by atoms with Crippen LogP contribution in [0.15, 0.2) is 75.8 Å². The van der Waals surface area contributed by atoms with Crippen LogP contribution in [-0.4, -0.2) is 23.9 Å². The second-order valence-corrected chi connectivity index (χ2v) is 8.31. The third kappa shape index (κ3) is 5.15. The van der Waals surface area contributed by atoms with E-state index in [1.165, 1.54) is 31.4 Å². The van der Waals surface area contributed by atoms with Gasteiger partial charge in [-0.05, 0) is 64.3 Å². The van der Waals surface area contributed by atoms with Gasteiger partial charge < -0.3 is 14.2 Å². The summed E-state index contributed by atoms with van der Waals surface area (Å²) < 4.78 is 17.4. The van der Waals surface area contributed by atoms with Crippen molar-refractivity contribution in [3.8, 4) is 11.5 Å². The molecule has 4 rings (SSSR count). The lowest BCUT2D eigenvalue weighted by molar-refractivity contribution is -0.384. The van der Waals surface area contributed by atoms with Crippen LogP contribution in [-0.2, 0) is 16.1 Å². The molecule has 0 radical (unpaired) electrons. The maximum absolute atomic E-state index is 12.3. The van der Waals surface area contributed by atoms with Crippen molar-refractivity contribution in [1.82, 2.24) is 0 Å². The van der Waals surface area contributed by atoms with E-state index in [0.717, 1.165) is 11.1 Å². The first-order chi connectivity index (χ1) is 16.3. The van der Waals surface area contributed by atoms with Crippen molar-refractivity contribution in [2.45, 2.75) is 13.5 Å². The second-order valence-electron chi connectivity index (χ2n) is 7.45. The Hall–Kier alpha value is -3.98. The molecule has 9 heteroatoms. The Labute approximate surface area is 203 Å². The largest absolute Gasteiger partial charge is 0.493 e. The zero-order valence-corrected chi connectivity index (χ0v) is 19.9. The quantitative estimate of drug-likeness (QED) is 0.173. The molecule has 0 amide bonds. The molecule has 0 aliphatic carbocycles. The number of hydrogen-bond donors (Lipinski definition) is 0. The van der Waals surface area contributed by atoms with Crippen LogP contribution < -0.4 is 9.47 Å². The Morgan fingerprint density at radius 2 is 1.91 bits per heavy atom.